The largest absolute Gasteiger partial charge is 0.481 e. The predicted octanol–water partition coefficient (Wildman–Crippen LogP) is 1.49. The Morgan fingerprint density at radius 2 is 2.11 bits per heavy atom. The topological polar surface area (TPSA) is 60.9 Å². The van der Waals surface area contributed by atoms with E-state index in [9.17, 15) is 18.4 Å². The van der Waals surface area contributed by atoms with Gasteiger partial charge < -0.3 is 14.9 Å². The summed E-state index contributed by atoms with van der Waals surface area (Å²) in [5.41, 5.74) is -0.987. The van der Waals surface area contributed by atoms with Crippen molar-refractivity contribution in [1.29, 1.82) is 0 Å². The number of aliphatic carboxylic acids is 1. The third-order valence-electron chi connectivity index (χ3n) is 3.22. The molecule has 1 rings (SSSR count). The molecule has 0 aromatic heterocycles. The minimum Gasteiger partial charge on any atom is -0.481 e. The number of halogens is 2. The van der Waals surface area contributed by atoms with Crippen molar-refractivity contribution < 1.29 is 23.5 Å². The smallest absolute Gasteiger partial charge is 0.319 e. The molecular weight excluding hydrogens is 246 g/mol. The van der Waals surface area contributed by atoms with Crippen molar-refractivity contribution in [3.8, 4) is 0 Å². The summed E-state index contributed by atoms with van der Waals surface area (Å²) in [6.45, 7) is 1.41. The number of likely N-dealkylation sites (tertiary alicyclic amines) is 1. The van der Waals surface area contributed by atoms with Gasteiger partial charge in [-0.25, -0.2) is 13.6 Å². The van der Waals surface area contributed by atoms with Crippen LogP contribution in [-0.4, -0.2) is 60.0 Å². The lowest BCUT2D eigenvalue weighted by Gasteiger charge is -2.39. The van der Waals surface area contributed by atoms with E-state index in [1.54, 1.807) is 6.92 Å². The van der Waals surface area contributed by atoms with Gasteiger partial charge in [0.15, 0.2) is 0 Å². The zero-order valence-electron chi connectivity index (χ0n) is 10.5. The SMILES string of the molecule is CN(CC(F)F)C(=O)N1CCCC(C)(C(=O)O)C1. The van der Waals surface area contributed by atoms with Gasteiger partial charge in [-0.2, -0.15) is 0 Å². The maximum Gasteiger partial charge on any atom is 0.319 e. The van der Waals surface area contributed by atoms with E-state index < -0.39 is 30.4 Å². The fourth-order valence-electron chi connectivity index (χ4n) is 2.10. The second kappa shape index (κ2) is 5.49. The normalized spacial score (nSPS) is 24.2. The highest BCUT2D eigenvalue weighted by Crippen LogP contribution is 2.30. The molecule has 0 radical (unpaired) electrons. The predicted molar refractivity (Wildman–Crippen MR) is 60.6 cm³/mol. The van der Waals surface area contributed by atoms with Crippen molar-refractivity contribution in [2.45, 2.75) is 26.2 Å². The summed E-state index contributed by atoms with van der Waals surface area (Å²) in [6.07, 6.45) is -1.53. The van der Waals surface area contributed by atoms with Gasteiger partial charge in [-0.15, -0.1) is 0 Å². The van der Waals surface area contributed by atoms with Crippen LogP contribution >= 0.6 is 0 Å². The zero-order valence-corrected chi connectivity index (χ0v) is 10.5. The molecule has 5 nitrogen and oxygen atoms in total. The first-order valence-corrected chi connectivity index (χ1v) is 5.78. The van der Waals surface area contributed by atoms with E-state index >= 15 is 0 Å². The summed E-state index contributed by atoms with van der Waals surface area (Å²) < 4.78 is 24.4. The highest BCUT2D eigenvalue weighted by molar-refractivity contribution is 5.78. The molecule has 1 aliphatic rings. The average molecular weight is 264 g/mol. The second-order valence-electron chi connectivity index (χ2n) is 4.95. The Morgan fingerprint density at radius 1 is 1.50 bits per heavy atom. The van der Waals surface area contributed by atoms with Gasteiger partial charge >= 0.3 is 12.0 Å². The Morgan fingerprint density at radius 3 is 2.61 bits per heavy atom. The number of carboxylic acid groups (broad SMARTS) is 1. The van der Waals surface area contributed by atoms with Crippen LogP contribution in [0.1, 0.15) is 19.8 Å². The lowest BCUT2D eigenvalue weighted by atomic mass is 9.82. The van der Waals surface area contributed by atoms with Gasteiger partial charge in [-0.3, -0.25) is 4.79 Å². The number of carbonyl (C=O) groups excluding carboxylic acids is 1. The Hall–Kier alpha value is -1.40. The minimum atomic E-state index is -2.59. The number of piperidine rings is 1. The monoisotopic (exact) mass is 264 g/mol. The number of alkyl halides is 2. The molecule has 1 heterocycles. The summed E-state index contributed by atoms with van der Waals surface area (Å²) >= 11 is 0. The molecule has 1 saturated heterocycles. The van der Waals surface area contributed by atoms with E-state index in [1.807, 2.05) is 0 Å². The molecule has 0 spiro atoms. The average Bonchev–Trinajstić information content (AvgIpc) is 2.27. The highest BCUT2D eigenvalue weighted by atomic mass is 19.3. The first-order valence-electron chi connectivity index (χ1n) is 5.78. The third-order valence-corrected chi connectivity index (χ3v) is 3.22. The number of carbonyl (C=O) groups is 2. The van der Waals surface area contributed by atoms with E-state index in [-0.39, 0.29) is 6.54 Å². The quantitative estimate of drug-likeness (QED) is 0.840. The number of amides is 2. The van der Waals surface area contributed by atoms with Gasteiger partial charge in [0.25, 0.3) is 6.43 Å². The van der Waals surface area contributed by atoms with Crippen molar-refractivity contribution in [3.05, 3.63) is 0 Å². The Kier molecular flexibility index (Phi) is 4.48. The van der Waals surface area contributed by atoms with Gasteiger partial charge in [-0.1, -0.05) is 0 Å². The second-order valence-corrected chi connectivity index (χ2v) is 4.95. The lowest BCUT2D eigenvalue weighted by molar-refractivity contribution is -0.150. The zero-order chi connectivity index (χ0) is 13.9. The van der Waals surface area contributed by atoms with Gasteiger partial charge in [0.05, 0.1) is 12.0 Å². The van der Waals surface area contributed by atoms with Crippen LogP contribution in [0.2, 0.25) is 0 Å². The third kappa shape index (κ3) is 3.30. The fourth-order valence-corrected chi connectivity index (χ4v) is 2.10. The Bertz CT molecular complexity index is 338. The molecule has 1 fully saturated rings. The van der Waals surface area contributed by atoms with E-state index in [4.69, 9.17) is 5.11 Å². The van der Waals surface area contributed by atoms with Crippen LogP contribution in [0, 0.1) is 5.41 Å². The van der Waals surface area contributed by atoms with Gasteiger partial charge in [0.1, 0.15) is 0 Å². The summed E-state index contributed by atoms with van der Waals surface area (Å²) in [6, 6.07) is -0.539. The summed E-state index contributed by atoms with van der Waals surface area (Å²) in [5.74, 6) is -0.962. The van der Waals surface area contributed by atoms with Crippen LogP contribution in [0.4, 0.5) is 13.6 Å². The molecule has 1 N–H and O–H groups in total. The van der Waals surface area contributed by atoms with Gasteiger partial charge in [0, 0.05) is 20.1 Å². The highest BCUT2D eigenvalue weighted by Gasteiger charge is 2.40. The molecule has 0 bridgehead atoms. The van der Waals surface area contributed by atoms with E-state index in [2.05, 4.69) is 0 Å². The number of urea groups is 1. The van der Waals surface area contributed by atoms with Crippen molar-refractivity contribution in [1.82, 2.24) is 9.80 Å². The molecule has 0 aliphatic carbocycles. The Balaban J connectivity index is 2.66. The number of nitrogens with zero attached hydrogens (tertiary/aromatic N) is 2. The van der Waals surface area contributed by atoms with Crippen molar-refractivity contribution >= 4 is 12.0 Å². The summed E-state index contributed by atoms with van der Waals surface area (Å²) in [5, 5.41) is 9.11. The van der Waals surface area contributed by atoms with Gasteiger partial charge in [0.2, 0.25) is 0 Å². The molecule has 0 aromatic rings. The van der Waals surface area contributed by atoms with Gasteiger partial charge in [-0.05, 0) is 19.8 Å². The molecule has 2 amide bonds. The number of hydrogen-bond donors (Lipinski definition) is 1. The van der Waals surface area contributed by atoms with Crippen LogP contribution in [0.3, 0.4) is 0 Å². The lowest BCUT2D eigenvalue weighted by Crippen LogP contribution is -2.52. The van der Waals surface area contributed by atoms with Crippen LogP contribution < -0.4 is 0 Å². The number of hydrogen-bond acceptors (Lipinski definition) is 2. The first kappa shape index (κ1) is 14.7. The molecule has 0 saturated carbocycles. The van der Waals surface area contributed by atoms with Crippen LogP contribution in [-0.2, 0) is 4.79 Å². The van der Waals surface area contributed by atoms with Crippen LogP contribution in [0.5, 0.6) is 0 Å². The molecule has 1 atom stereocenters. The minimum absolute atomic E-state index is 0.0642. The maximum atomic E-state index is 12.2. The Labute approximate surface area is 104 Å². The van der Waals surface area contributed by atoms with E-state index in [0.717, 1.165) is 4.90 Å². The summed E-state index contributed by atoms with van der Waals surface area (Å²) in [7, 11) is 1.29. The number of rotatable bonds is 3. The van der Waals surface area contributed by atoms with E-state index in [0.29, 0.717) is 19.4 Å². The molecule has 104 valence electrons. The molecule has 18 heavy (non-hydrogen) atoms. The standard InChI is InChI=1S/C11H18F2N2O3/c1-11(9(16)17)4-3-5-15(7-11)10(18)14(2)6-8(12)13/h8H,3-7H2,1-2H3,(H,16,17). The van der Waals surface area contributed by atoms with Crippen molar-refractivity contribution in [2.75, 3.05) is 26.7 Å². The summed E-state index contributed by atoms with van der Waals surface area (Å²) in [4.78, 5) is 25.3. The van der Waals surface area contributed by atoms with E-state index in [1.165, 1.54) is 11.9 Å². The van der Waals surface area contributed by atoms with Crippen LogP contribution in [0.25, 0.3) is 0 Å². The molecule has 0 aromatic carbocycles. The van der Waals surface area contributed by atoms with Crippen molar-refractivity contribution in [3.63, 3.8) is 0 Å². The van der Waals surface area contributed by atoms with Crippen LogP contribution in [0.15, 0.2) is 0 Å². The van der Waals surface area contributed by atoms with Crippen molar-refractivity contribution in [2.24, 2.45) is 5.41 Å². The first-order chi connectivity index (χ1) is 8.26. The fraction of sp³-hybridized carbons (Fsp3) is 0.818. The molecule has 7 heteroatoms. The maximum absolute atomic E-state index is 12.2. The molecular formula is C11H18F2N2O3. The number of carboxylic acids is 1. The molecule has 1 aliphatic heterocycles. The molecule has 1 unspecified atom stereocenters.